The lowest BCUT2D eigenvalue weighted by molar-refractivity contribution is -0.135. The summed E-state index contributed by atoms with van der Waals surface area (Å²) in [7, 11) is 0. The van der Waals surface area contributed by atoms with Gasteiger partial charge in [-0.3, -0.25) is 14.4 Å². The second kappa shape index (κ2) is 9.62. The molecule has 1 aromatic carbocycles. The number of piperidine rings is 1. The number of nitrogens with zero attached hydrogens (tertiary/aromatic N) is 1. The number of carbonyl (C=O) groups is 3. The van der Waals surface area contributed by atoms with Gasteiger partial charge in [-0.25, -0.2) is 0 Å². The molecule has 1 saturated heterocycles. The number of hydrogen-bond acceptors (Lipinski definition) is 4. The topological polar surface area (TPSA) is 78.5 Å². The van der Waals surface area contributed by atoms with Crippen molar-refractivity contribution in [3.63, 3.8) is 0 Å². The van der Waals surface area contributed by atoms with E-state index in [1.165, 1.54) is 18.7 Å². The lowest BCUT2D eigenvalue weighted by atomic mass is 9.97. The summed E-state index contributed by atoms with van der Waals surface area (Å²) in [4.78, 5) is 38.7. The second-order valence-corrected chi connectivity index (χ2v) is 7.90. The zero-order valence-electron chi connectivity index (χ0n) is 15.6. The van der Waals surface area contributed by atoms with Crippen LogP contribution in [-0.2, 0) is 14.4 Å². The fourth-order valence-electron chi connectivity index (χ4n) is 3.04. The molecule has 7 heteroatoms. The third kappa shape index (κ3) is 5.76. The van der Waals surface area contributed by atoms with Crippen LogP contribution >= 0.6 is 11.8 Å². The molecule has 0 bridgehead atoms. The zero-order valence-corrected chi connectivity index (χ0v) is 16.4. The van der Waals surface area contributed by atoms with E-state index in [9.17, 15) is 14.4 Å². The van der Waals surface area contributed by atoms with E-state index < -0.39 is 0 Å². The zero-order chi connectivity index (χ0) is 19.1. The van der Waals surface area contributed by atoms with E-state index in [4.69, 9.17) is 0 Å². The summed E-state index contributed by atoms with van der Waals surface area (Å²) < 4.78 is 0. The highest BCUT2D eigenvalue weighted by atomic mass is 32.2. The van der Waals surface area contributed by atoms with Gasteiger partial charge in [-0.2, -0.15) is 0 Å². The predicted octanol–water partition coefficient (Wildman–Crippen LogP) is 2.50. The first kappa shape index (κ1) is 20.3. The van der Waals surface area contributed by atoms with Crippen LogP contribution in [0.2, 0.25) is 0 Å². The van der Waals surface area contributed by atoms with E-state index in [1.807, 2.05) is 43.0 Å². The standard InChI is InChI=1S/C19H27N3O3S/c1-4-20-18(24)15-6-5-11-22(12-15)19(25)13(2)26-17-9-7-16(8-10-17)21-14(3)23/h7-10,13,15H,4-6,11-12H2,1-3H3,(H,20,24)(H,21,23). The molecule has 2 unspecified atom stereocenters. The SMILES string of the molecule is CCNC(=O)C1CCCN(C(=O)C(C)Sc2ccc(NC(C)=O)cc2)C1. The summed E-state index contributed by atoms with van der Waals surface area (Å²) in [6.45, 7) is 7.09. The Morgan fingerprint density at radius 2 is 1.96 bits per heavy atom. The maximum absolute atomic E-state index is 12.8. The fraction of sp³-hybridized carbons (Fsp3) is 0.526. The number of benzene rings is 1. The van der Waals surface area contributed by atoms with Gasteiger partial charge in [0.2, 0.25) is 17.7 Å². The number of anilines is 1. The number of nitrogens with one attached hydrogen (secondary N) is 2. The summed E-state index contributed by atoms with van der Waals surface area (Å²) in [6, 6.07) is 7.45. The lowest BCUT2D eigenvalue weighted by Gasteiger charge is -2.33. The summed E-state index contributed by atoms with van der Waals surface area (Å²) in [5.74, 6) is -0.115. The molecule has 1 heterocycles. The molecule has 1 aliphatic rings. The molecule has 2 rings (SSSR count). The minimum atomic E-state index is -0.227. The van der Waals surface area contributed by atoms with Gasteiger partial charge in [-0.05, 0) is 51.0 Å². The van der Waals surface area contributed by atoms with Crippen molar-refractivity contribution >= 4 is 35.2 Å². The van der Waals surface area contributed by atoms with Gasteiger partial charge in [0.1, 0.15) is 0 Å². The minimum Gasteiger partial charge on any atom is -0.356 e. The smallest absolute Gasteiger partial charge is 0.235 e. The number of thioether (sulfide) groups is 1. The van der Waals surface area contributed by atoms with Crippen LogP contribution in [0.4, 0.5) is 5.69 Å². The Balaban J connectivity index is 1.92. The molecule has 3 amide bonds. The van der Waals surface area contributed by atoms with Crippen LogP contribution in [0, 0.1) is 5.92 Å². The first-order chi connectivity index (χ1) is 12.4. The lowest BCUT2D eigenvalue weighted by Crippen LogP contribution is -2.47. The Hall–Kier alpha value is -2.02. The highest BCUT2D eigenvalue weighted by Crippen LogP contribution is 2.27. The molecule has 2 atom stereocenters. The molecule has 0 spiro atoms. The average molecular weight is 378 g/mol. The Bertz CT molecular complexity index is 648. The van der Waals surface area contributed by atoms with E-state index in [2.05, 4.69) is 10.6 Å². The molecule has 1 fully saturated rings. The Kier molecular flexibility index (Phi) is 7.50. The molecule has 2 N–H and O–H groups in total. The van der Waals surface area contributed by atoms with Crippen molar-refractivity contribution in [2.24, 2.45) is 5.92 Å². The van der Waals surface area contributed by atoms with Crippen molar-refractivity contribution < 1.29 is 14.4 Å². The molecule has 1 aromatic rings. The Morgan fingerprint density at radius 3 is 2.58 bits per heavy atom. The van der Waals surface area contributed by atoms with Gasteiger partial charge in [0.05, 0.1) is 11.2 Å². The van der Waals surface area contributed by atoms with Crippen LogP contribution in [0.15, 0.2) is 29.2 Å². The average Bonchev–Trinajstić information content (AvgIpc) is 2.62. The summed E-state index contributed by atoms with van der Waals surface area (Å²) >= 11 is 1.49. The molecular weight excluding hydrogens is 350 g/mol. The van der Waals surface area contributed by atoms with Gasteiger partial charge in [0.25, 0.3) is 0 Å². The first-order valence-corrected chi connectivity index (χ1v) is 9.89. The number of carbonyl (C=O) groups excluding carboxylic acids is 3. The van der Waals surface area contributed by atoms with Gasteiger partial charge < -0.3 is 15.5 Å². The van der Waals surface area contributed by atoms with Gasteiger partial charge in [-0.15, -0.1) is 11.8 Å². The normalized spacial score (nSPS) is 18.1. The molecule has 0 radical (unpaired) electrons. The highest BCUT2D eigenvalue weighted by molar-refractivity contribution is 8.00. The minimum absolute atomic E-state index is 0.0406. The summed E-state index contributed by atoms with van der Waals surface area (Å²) in [5.41, 5.74) is 0.738. The summed E-state index contributed by atoms with van der Waals surface area (Å²) in [6.07, 6.45) is 1.69. The second-order valence-electron chi connectivity index (χ2n) is 6.48. The molecule has 0 aliphatic carbocycles. The fourth-order valence-corrected chi connectivity index (χ4v) is 3.99. The highest BCUT2D eigenvalue weighted by Gasteiger charge is 2.30. The van der Waals surface area contributed by atoms with Gasteiger partial charge in [0.15, 0.2) is 0 Å². The maximum atomic E-state index is 12.8. The molecule has 26 heavy (non-hydrogen) atoms. The number of amides is 3. The predicted molar refractivity (Wildman–Crippen MR) is 104 cm³/mol. The van der Waals surface area contributed by atoms with Crippen LogP contribution in [0.25, 0.3) is 0 Å². The van der Waals surface area contributed by atoms with Crippen LogP contribution in [0.1, 0.15) is 33.6 Å². The van der Waals surface area contributed by atoms with Crippen molar-refractivity contribution in [3.05, 3.63) is 24.3 Å². The van der Waals surface area contributed by atoms with Crippen molar-refractivity contribution in [1.29, 1.82) is 0 Å². The molecular formula is C19H27N3O3S. The van der Waals surface area contributed by atoms with Gasteiger partial charge in [0, 0.05) is 37.1 Å². The van der Waals surface area contributed by atoms with E-state index in [0.717, 1.165) is 23.4 Å². The molecule has 6 nitrogen and oxygen atoms in total. The van der Waals surface area contributed by atoms with Crippen molar-refractivity contribution in [1.82, 2.24) is 10.2 Å². The molecule has 0 aromatic heterocycles. The number of likely N-dealkylation sites (tertiary alicyclic amines) is 1. The van der Waals surface area contributed by atoms with E-state index >= 15 is 0 Å². The first-order valence-electron chi connectivity index (χ1n) is 9.01. The quantitative estimate of drug-likeness (QED) is 0.747. The molecule has 142 valence electrons. The van der Waals surface area contributed by atoms with E-state index in [0.29, 0.717) is 19.6 Å². The Morgan fingerprint density at radius 1 is 1.27 bits per heavy atom. The monoisotopic (exact) mass is 377 g/mol. The van der Waals surface area contributed by atoms with Crippen molar-refractivity contribution in [2.75, 3.05) is 25.0 Å². The third-order valence-electron chi connectivity index (χ3n) is 4.29. The Labute approximate surface area is 159 Å². The van der Waals surface area contributed by atoms with Crippen molar-refractivity contribution in [3.8, 4) is 0 Å². The third-order valence-corrected chi connectivity index (χ3v) is 5.39. The van der Waals surface area contributed by atoms with Crippen LogP contribution in [0.5, 0.6) is 0 Å². The van der Waals surface area contributed by atoms with Crippen LogP contribution < -0.4 is 10.6 Å². The molecule has 1 aliphatic heterocycles. The molecule has 0 saturated carbocycles. The number of hydrogen-bond donors (Lipinski definition) is 2. The van der Waals surface area contributed by atoms with Crippen LogP contribution in [0.3, 0.4) is 0 Å². The van der Waals surface area contributed by atoms with E-state index in [-0.39, 0.29) is 28.9 Å². The summed E-state index contributed by atoms with van der Waals surface area (Å²) in [5, 5.41) is 5.35. The maximum Gasteiger partial charge on any atom is 0.235 e. The van der Waals surface area contributed by atoms with Gasteiger partial charge in [-0.1, -0.05) is 0 Å². The van der Waals surface area contributed by atoms with Crippen molar-refractivity contribution in [2.45, 2.75) is 43.8 Å². The van der Waals surface area contributed by atoms with Crippen LogP contribution in [-0.4, -0.2) is 47.5 Å². The largest absolute Gasteiger partial charge is 0.356 e. The van der Waals surface area contributed by atoms with Gasteiger partial charge >= 0.3 is 0 Å². The number of rotatable bonds is 6. The van der Waals surface area contributed by atoms with E-state index in [1.54, 1.807) is 0 Å².